The molecule has 3 heterocycles. The number of fused-ring (bicyclic) bond motifs is 1. The van der Waals surface area contributed by atoms with E-state index >= 15 is 0 Å². The number of methoxy groups -OCH3 is 1. The highest BCUT2D eigenvalue weighted by molar-refractivity contribution is 6.01. The molecule has 1 aliphatic heterocycles. The molecule has 3 aromatic rings. The van der Waals surface area contributed by atoms with Crippen LogP contribution in [0.15, 0.2) is 36.7 Å². The summed E-state index contributed by atoms with van der Waals surface area (Å²) < 4.78 is 38.6. The molecule has 1 amide bonds. The van der Waals surface area contributed by atoms with Crippen molar-refractivity contribution in [2.24, 2.45) is 0 Å². The molecule has 1 saturated heterocycles. The first kappa shape index (κ1) is 24.3. The molecule has 2 N–H and O–H groups in total. The average Bonchev–Trinajstić information content (AvgIpc) is 3.58. The van der Waals surface area contributed by atoms with Gasteiger partial charge in [0.15, 0.2) is 0 Å². The molecule has 0 spiro atoms. The van der Waals surface area contributed by atoms with Crippen LogP contribution < -0.4 is 19.7 Å². The lowest BCUT2D eigenvalue weighted by molar-refractivity contribution is -0.0502. The molecule has 1 aromatic carbocycles. The maximum Gasteiger partial charge on any atom is 0.387 e. The monoisotopic (exact) mass is 501 g/mol. The minimum absolute atomic E-state index is 0.0481. The second-order valence-electron chi connectivity index (χ2n) is 8.99. The molecule has 192 valence electrons. The maximum absolute atomic E-state index is 13.3. The Kier molecular flexibility index (Phi) is 6.92. The van der Waals surface area contributed by atoms with Gasteiger partial charge in [-0.25, -0.2) is 4.98 Å². The van der Waals surface area contributed by atoms with E-state index < -0.39 is 12.5 Å². The molecule has 0 bridgehead atoms. The quantitative estimate of drug-likeness (QED) is 0.466. The average molecular weight is 502 g/mol. The van der Waals surface area contributed by atoms with Gasteiger partial charge < -0.3 is 24.8 Å². The molecule has 2 aromatic heterocycles. The maximum atomic E-state index is 13.3. The number of alkyl halides is 2. The highest BCUT2D eigenvalue weighted by atomic mass is 19.3. The number of hydrogen-bond acceptors (Lipinski definition) is 7. The number of carbonyl (C=O) groups is 1. The normalized spacial score (nSPS) is 16.5. The van der Waals surface area contributed by atoms with Crippen LogP contribution in [-0.2, 0) is 0 Å². The van der Waals surface area contributed by atoms with Crippen molar-refractivity contribution in [1.29, 1.82) is 0 Å². The second kappa shape index (κ2) is 10.3. The Morgan fingerprint density at radius 2 is 1.94 bits per heavy atom. The van der Waals surface area contributed by atoms with Crippen LogP contribution in [0.4, 0.5) is 14.5 Å². The number of rotatable bonds is 9. The van der Waals surface area contributed by atoms with E-state index in [1.165, 1.54) is 13.2 Å². The number of pyridine rings is 1. The van der Waals surface area contributed by atoms with Crippen molar-refractivity contribution in [2.75, 3.05) is 51.3 Å². The predicted molar refractivity (Wildman–Crippen MR) is 130 cm³/mol. The Morgan fingerprint density at radius 3 is 2.61 bits per heavy atom. The smallest absolute Gasteiger partial charge is 0.387 e. The van der Waals surface area contributed by atoms with Gasteiger partial charge in [-0.1, -0.05) is 0 Å². The van der Waals surface area contributed by atoms with Gasteiger partial charge in [-0.05, 0) is 31.0 Å². The topological polar surface area (TPSA) is 91.6 Å². The van der Waals surface area contributed by atoms with Crippen LogP contribution in [0.3, 0.4) is 0 Å². The molecule has 2 fully saturated rings. The van der Waals surface area contributed by atoms with E-state index in [2.05, 4.69) is 20.1 Å². The van der Waals surface area contributed by atoms with E-state index in [0.717, 1.165) is 44.7 Å². The second-order valence-corrected chi connectivity index (χ2v) is 8.99. The first-order valence-corrected chi connectivity index (χ1v) is 12.0. The Balaban J connectivity index is 1.46. The molecule has 2 aliphatic rings. The number of carbonyl (C=O) groups excluding carboxylic acids is 1. The number of aromatic nitrogens is 2. The van der Waals surface area contributed by atoms with E-state index in [0.29, 0.717) is 23.4 Å². The number of hydrogen-bond donors (Lipinski definition) is 2. The first-order chi connectivity index (χ1) is 17.5. The third kappa shape index (κ3) is 5.07. The molecule has 5 rings (SSSR count). The van der Waals surface area contributed by atoms with Gasteiger partial charge in [0.05, 0.1) is 25.6 Å². The number of aliphatic hydroxyl groups is 1. The number of nitrogens with one attached hydrogen (secondary N) is 1. The van der Waals surface area contributed by atoms with Gasteiger partial charge in [0.1, 0.15) is 22.7 Å². The summed E-state index contributed by atoms with van der Waals surface area (Å²) in [5, 5.41) is 12.0. The predicted octanol–water partition coefficient (Wildman–Crippen LogP) is 2.62. The lowest BCUT2D eigenvalue weighted by Crippen LogP contribution is -2.47. The molecular formula is C25H29F2N5O4. The van der Waals surface area contributed by atoms with E-state index in [1.807, 2.05) is 22.7 Å². The fourth-order valence-corrected chi connectivity index (χ4v) is 4.55. The summed E-state index contributed by atoms with van der Waals surface area (Å²) in [7, 11) is 1.39. The van der Waals surface area contributed by atoms with E-state index in [-0.39, 0.29) is 29.7 Å². The largest absolute Gasteiger partial charge is 0.496 e. The summed E-state index contributed by atoms with van der Waals surface area (Å²) in [5.74, 6) is -0.600. The molecule has 0 atom stereocenters. The number of halogens is 2. The zero-order valence-corrected chi connectivity index (χ0v) is 20.0. The van der Waals surface area contributed by atoms with Crippen molar-refractivity contribution in [3.63, 3.8) is 0 Å². The van der Waals surface area contributed by atoms with Crippen LogP contribution >= 0.6 is 0 Å². The zero-order valence-electron chi connectivity index (χ0n) is 20.0. The minimum atomic E-state index is -3.10. The molecular weight excluding hydrogens is 472 g/mol. The van der Waals surface area contributed by atoms with Gasteiger partial charge in [-0.15, -0.1) is 0 Å². The Labute approximate surface area is 207 Å². The highest BCUT2D eigenvalue weighted by Crippen LogP contribution is 2.37. The zero-order chi connectivity index (χ0) is 25.2. The van der Waals surface area contributed by atoms with Gasteiger partial charge in [0.25, 0.3) is 5.91 Å². The van der Waals surface area contributed by atoms with Crippen molar-refractivity contribution >= 4 is 17.2 Å². The number of benzene rings is 1. The Morgan fingerprint density at radius 1 is 1.19 bits per heavy atom. The number of amides is 1. The van der Waals surface area contributed by atoms with Crippen LogP contribution in [0, 0.1) is 0 Å². The number of nitrogens with zero attached hydrogens (tertiary/aromatic N) is 4. The SMILES string of the molecule is COc1cc(-c2cnc3cc(N4CCN(CCO)CC4)ccn23)cc(OC(F)F)c1C(=O)NC1CC1. The van der Waals surface area contributed by atoms with Crippen molar-refractivity contribution in [2.45, 2.75) is 25.5 Å². The lowest BCUT2D eigenvalue weighted by Gasteiger charge is -2.35. The molecule has 1 aliphatic carbocycles. The van der Waals surface area contributed by atoms with Gasteiger partial charge in [0.2, 0.25) is 0 Å². The Bertz CT molecular complexity index is 1240. The first-order valence-electron chi connectivity index (χ1n) is 12.0. The van der Waals surface area contributed by atoms with Crippen molar-refractivity contribution in [3.8, 4) is 22.8 Å². The summed E-state index contributed by atoms with van der Waals surface area (Å²) in [4.78, 5) is 21.8. The van der Waals surface area contributed by atoms with Crippen LogP contribution in [0.25, 0.3) is 16.9 Å². The molecule has 11 heteroatoms. The fourth-order valence-electron chi connectivity index (χ4n) is 4.55. The summed E-state index contributed by atoms with van der Waals surface area (Å²) in [5.41, 5.74) is 2.87. The number of anilines is 1. The molecule has 0 radical (unpaired) electrons. The van der Waals surface area contributed by atoms with Crippen LogP contribution in [0.5, 0.6) is 11.5 Å². The van der Waals surface area contributed by atoms with E-state index in [9.17, 15) is 13.6 Å². The summed E-state index contributed by atoms with van der Waals surface area (Å²) in [6, 6.07) is 7.08. The number of ether oxygens (including phenoxy) is 2. The van der Waals surface area contributed by atoms with Crippen molar-refractivity contribution in [3.05, 3.63) is 42.2 Å². The standard InChI is InChI=1S/C25H29F2N5O4/c1-35-20-12-16(13-21(36-25(26)27)23(20)24(34)29-17-2-3-17)19-15-28-22-14-18(4-5-32(19)22)31-8-6-30(7-9-31)10-11-33/h4-5,12-15,17,25,33H,2-3,6-11H2,1H3,(H,29,34). The molecule has 1 saturated carbocycles. The minimum Gasteiger partial charge on any atom is -0.496 e. The van der Waals surface area contributed by atoms with Crippen molar-refractivity contribution in [1.82, 2.24) is 19.6 Å². The summed E-state index contributed by atoms with van der Waals surface area (Å²) in [6.07, 6.45) is 5.27. The van der Waals surface area contributed by atoms with Crippen molar-refractivity contribution < 1.29 is 28.2 Å². The number of imidazole rings is 1. The van der Waals surface area contributed by atoms with Gasteiger partial charge in [0, 0.05) is 62.3 Å². The van der Waals surface area contributed by atoms with Crippen LogP contribution in [0.2, 0.25) is 0 Å². The van der Waals surface area contributed by atoms with Crippen LogP contribution in [-0.4, -0.2) is 84.4 Å². The summed E-state index contributed by atoms with van der Waals surface area (Å²) >= 11 is 0. The Hall–Kier alpha value is -3.44. The third-order valence-electron chi connectivity index (χ3n) is 6.59. The summed E-state index contributed by atoms with van der Waals surface area (Å²) in [6.45, 7) is 1.18. The highest BCUT2D eigenvalue weighted by Gasteiger charge is 2.29. The molecule has 36 heavy (non-hydrogen) atoms. The number of aliphatic hydroxyl groups excluding tert-OH is 1. The number of piperazine rings is 1. The van der Waals surface area contributed by atoms with Gasteiger partial charge in [-0.2, -0.15) is 8.78 Å². The third-order valence-corrected chi connectivity index (χ3v) is 6.59. The lowest BCUT2D eigenvalue weighted by atomic mass is 10.1. The number of β-amino-alcohol motifs (C(OH)–C–C–N with tert-alkyl or cyclic N) is 1. The molecule has 9 nitrogen and oxygen atoms in total. The van der Waals surface area contributed by atoms with Gasteiger partial charge >= 0.3 is 6.61 Å². The van der Waals surface area contributed by atoms with Gasteiger partial charge in [-0.3, -0.25) is 14.1 Å². The van der Waals surface area contributed by atoms with E-state index in [4.69, 9.17) is 14.6 Å². The molecule has 0 unspecified atom stereocenters. The van der Waals surface area contributed by atoms with E-state index in [1.54, 1.807) is 12.3 Å². The fraction of sp³-hybridized carbons (Fsp3) is 0.440. The van der Waals surface area contributed by atoms with Crippen LogP contribution in [0.1, 0.15) is 23.2 Å².